The van der Waals surface area contributed by atoms with Crippen LogP contribution in [0.3, 0.4) is 0 Å². The van der Waals surface area contributed by atoms with Gasteiger partial charge in [-0.15, -0.1) is 5.10 Å². The molecule has 1 saturated carbocycles. The Balaban J connectivity index is 1.09. The highest BCUT2D eigenvalue weighted by Gasteiger charge is 2.49. The van der Waals surface area contributed by atoms with Crippen molar-refractivity contribution in [1.29, 1.82) is 0 Å². The zero-order chi connectivity index (χ0) is 42.2. The molecular weight excluding hydrogens is 767 g/mol. The molecule has 3 aliphatic heterocycles. The second-order valence-corrected chi connectivity index (χ2v) is 15.1. The van der Waals surface area contributed by atoms with Gasteiger partial charge < -0.3 is 51.5 Å². The molecule has 1 aliphatic carbocycles. The van der Waals surface area contributed by atoms with E-state index >= 15 is 0 Å². The van der Waals surface area contributed by atoms with Crippen LogP contribution >= 0.6 is 0 Å². The predicted octanol–water partition coefficient (Wildman–Crippen LogP) is -2.13. The van der Waals surface area contributed by atoms with E-state index in [4.69, 9.17) is 19.8 Å². The molecule has 20 nitrogen and oxygen atoms in total. The number of nitrogens with zero attached hydrogens (tertiary/aromatic N) is 4. The van der Waals surface area contributed by atoms with Gasteiger partial charge in [-0.05, 0) is 58.4 Å². The minimum absolute atomic E-state index is 0.0170. The standard InChI is InChI=1S/C38H51BN10O10/c1-21(34(52)44-29-16-25-20-48(47-46-25)14-15-57-27-17-30-31(18-27)59-39(58-30)23(3)42-37(29)55)41-38(56)33(22(2)50)45-36(54)28(10-7-13-40)43-35(53)24-11-12-32(51)49(19-24)26-8-5-4-6-9-26/h4-6,8-9,11-12,19-23,27-31,33,50H,7,10,13-18,40H2,1-3H3,(H,41,56)(H,42,55)(H,43,53)(H,44,52)(H,45,54)/t21-,22+,23-,27?,28-,29-,30-,31+,33-/m0/s1. The van der Waals surface area contributed by atoms with Crippen LogP contribution in [-0.4, -0.2) is 129 Å². The molecule has 0 spiro atoms. The number of aliphatic hydroxyl groups is 1. The zero-order valence-corrected chi connectivity index (χ0v) is 33.1. The van der Waals surface area contributed by atoms with Crippen LogP contribution in [0, 0.1) is 0 Å². The highest BCUT2D eigenvalue weighted by atomic mass is 16.7. The number of aliphatic hydroxyl groups excluding tert-OH is 1. The maximum Gasteiger partial charge on any atom is 0.481 e. The van der Waals surface area contributed by atoms with E-state index in [2.05, 4.69) is 36.9 Å². The molecule has 2 fully saturated rings. The molecule has 5 heterocycles. The molecule has 5 amide bonds. The van der Waals surface area contributed by atoms with E-state index < -0.39 is 72.9 Å². The summed E-state index contributed by atoms with van der Waals surface area (Å²) in [6.45, 7) is 5.39. The van der Waals surface area contributed by atoms with Gasteiger partial charge in [0.15, 0.2) is 0 Å². The van der Waals surface area contributed by atoms with Crippen LogP contribution in [-0.2, 0) is 46.2 Å². The molecule has 59 heavy (non-hydrogen) atoms. The van der Waals surface area contributed by atoms with Crippen LogP contribution in [0.2, 0.25) is 0 Å². The molecule has 21 heteroatoms. The number of hydrogen-bond acceptors (Lipinski definition) is 13. The number of pyridine rings is 1. The van der Waals surface area contributed by atoms with E-state index in [0.29, 0.717) is 43.8 Å². The van der Waals surface area contributed by atoms with Gasteiger partial charge >= 0.3 is 7.12 Å². The van der Waals surface area contributed by atoms with Crippen molar-refractivity contribution < 1.29 is 43.1 Å². The molecule has 1 aromatic carbocycles. The molecule has 2 aromatic heterocycles. The fraction of sp³-hybridized carbons (Fsp3) is 0.526. The maximum atomic E-state index is 13.7. The maximum absolute atomic E-state index is 13.7. The van der Waals surface area contributed by atoms with Crippen LogP contribution in [0.5, 0.6) is 0 Å². The van der Waals surface area contributed by atoms with Gasteiger partial charge in [-0.1, -0.05) is 23.4 Å². The lowest BCUT2D eigenvalue weighted by molar-refractivity contribution is -0.135. The number of aromatic nitrogens is 4. The zero-order valence-electron chi connectivity index (χ0n) is 33.1. The van der Waals surface area contributed by atoms with Gasteiger partial charge in [-0.25, -0.2) is 4.68 Å². The summed E-state index contributed by atoms with van der Waals surface area (Å²) in [5, 5.41) is 32.1. The summed E-state index contributed by atoms with van der Waals surface area (Å²) in [7, 11) is -0.703. The molecule has 1 unspecified atom stereocenters. The third-order valence-corrected chi connectivity index (χ3v) is 10.4. The Morgan fingerprint density at radius 1 is 0.983 bits per heavy atom. The Hall–Kier alpha value is -5.48. The van der Waals surface area contributed by atoms with Gasteiger partial charge in [0.2, 0.25) is 23.6 Å². The SMILES string of the molecule is C[C@@H]1NC(=O)[C@@H](NC(=O)[C@H](C)NC(=O)[C@@H](NC(=O)[C@H](CCCN)NC(=O)c2ccc(=O)n(-c3ccccc3)c2)[C@@H](C)O)Cc2cn(nn2)CCOC2C[C@@H]3OB1O[C@@H]3C2. The van der Waals surface area contributed by atoms with E-state index in [1.807, 2.05) is 0 Å². The van der Waals surface area contributed by atoms with Gasteiger partial charge in [0.1, 0.15) is 24.2 Å². The number of rotatable bonds is 13. The number of nitrogens with one attached hydrogen (secondary N) is 5. The van der Waals surface area contributed by atoms with Crippen molar-refractivity contribution in [3.05, 3.63) is 76.5 Å². The lowest BCUT2D eigenvalue weighted by Gasteiger charge is -2.27. The molecule has 8 N–H and O–H groups in total. The third kappa shape index (κ3) is 11.0. The van der Waals surface area contributed by atoms with Crippen molar-refractivity contribution in [2.45, 2.75) is 114 Å². The van der Waals surface area contributed by atoms with Crippen molar-refractivity contribution in [1.82, 2.24) is 46.1 Å². The molecule has 316 valence electrons. The molecule has 0 radical (unpaired) electrons. The topological polar surface area (TPSA) is 272 Å². The lowest BCUT2D eigenvalue weighted by Crippen LogP contribution is -2.60. The molecule has 1 saturated heterocycles. The molecule has 6 bridgehead atoms. The largest absolute Gasteiger partial charge is 0.481 e. The van der Waals surface area contributed by atoms with Crippen molar-refractivity contribution >= 4 is 36.7 Å². The Morgan fingerprint density at radius 2 is 1.71 bits per heavy atom. The van der Waals surface area contributed by atoms with Gasteiger partial charge in [0.05, 0.1) is 54.8 Å². The summed E-state index contributed by atoms with van der Waals surface area (Å²) in [6, 6.07) is 6.09. The number of fused-ring (bicyclic) bond motifs is 6. The van der Waals surface area contributed by atoms with Crippen LogP contribution in [0.15, 0.2) is 59.7 Å². The average Bonchev–Trinajstić information content (AvgIpc) is 3.94. The first-order valence-corrected chi connectivity index (χ1v) is 19.8. The smallest absolute Gasteiger partial charge is 0.404 e. The second kappa shape index (κ2) is 19.5. The summed E-state index contributed by atoms with van der Waals surface area (Å²) in [5.74, 6) is -4.23. The summed E-state index contributed by atoms with van der Waals surface area (Å²) in [6.07, 6.45) is 2.92. The summed E-state index contributed by atoms with van der Waals surface area (Å²) in [5.41, 5.74) is 6.39. The number of carbonyl (C=O) groups excluding carboxylic acids is 5. The Labute approximate surface area is 340 Å². The number of para-hydroxylation sites is 1. The van der Waals surface area contributed by atoms with Crippen molar-refractivity contribution in [3.8, 4) is 5.69 Å². The fourth-order valence-corrected chi connectivity index (χ4v) is 7.19. The fourth-order valence-electron chi connectivity index (χ4n) is 7.19. The highest BCUT2D eigenvalue weighted by Crippen LogP contribution is 2.34. The predicted molar refractivity (Wildman–Crippen MR) is 211 cm³/mol. The quantitative estimate of drug-likeness (QED) is 0.0911. The second-order valence-electron chi connectivity index (χ2n) is 15.1. The molecule has 7 rings (SSSR count). The van der Waals surface area contributed by atoms with Crippen LogP contribution in [0.1, 0.15) is 62.5 Å². The third-order valence-electron chi connectivity index (χ3n) is 10.4. The number of ether oxygens (including phenoxy) is 1. The Morgan fingerprint density at radius 3 is 2.41 bits per heavy atom. The number of amides is 5. The Kier molecular flexibility index (Phi) is 14.3. The number of hydrogen-bond donors (Lipinski definition) is 7. The minimum atomic E-state index is -1.55. The number of benzene rings is 1. The number of carbonyl (C=O) groups is 5. The summed E-state index contributed by atoms with van der Waals surface area (Å²) in [4.78, 5) is 80.3. The van der Waals surface area contributed by atoms with E-state index in [1.54, 1.807) is 48.1 Å². The lowest BCUT2D eigenvalue weighted by atomic mass is 9.79. The molecule has 3 aromatic rings. The normalized spacial score (nSPS) is 23.7. The average molecular weight is 819 g/mol. The van der Waals surface area contributed by atoms with Crippen molar-refractivity contribution in [2.24, 2.45) is 5.73 Å². The van der Waals surface area contributed by atoms with Crippen molar-refractivity contribution in [3.63, 3.8) is 0 Å². The van der Waals surface area contributed by atoms with Crippen LogP contribution < -0.4 is 37.9 Å². The first-order chi connectivity index (χ1) is 28.3. The summed E-state index contributed by atoms with van der Waals surface area (Å²) < 4.78 is 21.1. The van der Waals surface area contributed by atoms with Crippen LogP contribution in [0.4, 0.5) is 0 Å². The minimum Gasteiger partial charge on any atom is -0.404 e. The first-order valence-electron chi connectivity index (χ1n) is 19.8. The van der Waals surface area contributed by atoms with Gasteiger partial charge in [0.25, 0.3) is 11.5 Å². The monoisotopic (exact) mass is 818 g/mol. The molecular formula is C38H51BN10O10. The van der Waals surface area contributed by atoms with Crippen molar-refractivity contribution in [2.75, 3.05) is 13.2 Å². The Bertz CT molecular complexity index is 2020. The first kappa shape index (κ1) is 43.1. The van der Waals surface area contributed by atoms with Crippen LogP contribution in [0.25, 0.3) is 5.69 Å². The van der Waals surface area contributed by atoms with Gasteiger partial charge in [-0.2, -0.15) is 0 Å². The summed E-state index contributed by atoms with van der Waals surface area (Å²) >= 11 is 0. The highest BCUT2D eigenvalue weighted by molar-refractivity contribution is 6.47. The van der Waals surface area contributed by atoms with E-state index in [1.165, 1.54) is 36.7 Å². The van der Waals surface area contributed by atoms with Gasteiger partial charge in [0, 0.05) is 43.4 Å². The number of nitrogens with two attached hydrogens (primary N) is 1. The van der Waals surface area contributed by atoms with Gasteiger partial charge in [-0.3, -0.25) is 33.3 Å². The van der Waals surface area contributed by atoms with E-state index in [9.17, 15) is 33.9 Å². The van der Waals surface area contributed by atoms with E-state index in [0.717, 1.165) is 0 Å². The van der Waals surface area contributed by atoms with E-state index in [-0.39, 0.29) is 48.8 Å². The molecule has 4 aliphatic rings. The molecule has 9 atom stereocenters.